The van der Waals surface area contributed by atoms with Gasteiger partial charge in [0.05, 0.1) is 13.5 Å². The van der Waals surface area contributed by atoms with Gasteiger partial charge < -0.3 is 4.74 Å². The van der Waals surface area contributed by atoms with Crippen molar-refractivity contribution >= 4 is 5.97 Å². The molecule has 0 spiro atoms. The van der Waals surface area contributed by atoms with E-state index in [1.54, 1.807) is 0 Å². The number of hydrogen-bond donors (Lipinski definition) is 0. The van der Waals surface area contributed by atoms with E-state index in [1.807, 2.05) is 12.2 Å². The van der Waals surface area contributed by atoms with Crippen LogP contribution < -0.4 is 0 Å². The minimum absolute atomic E-state index is 0.186. The first-order valence-electron chi connectivity index (χ1n) is 4.68. The normalized spacial score (nSPS) is 11.2. The lowest BCUT2D eigenvalue weighted by Gasteiger charge is -1.90. The van der Waals surface area contributed by atoms with Gasteiger partial charge >= 0.3 is 5.97 Å². The van der Waals surface area contributed by atoms with Gasteiger partial charge in [-0.05, 0) is 12.8 Å². The lowest BCUT2D eigenvalue weighted by molar-refractivity contribution is -0.139. The Morgan fingerprint density at radius 1 is 1.23 bits per heavy atom. The van der Waals surface area contributed by atoms with E-state index in [1.165, 1.54) is 13.5 Å². The molecule has 0 aliphatic carbocycles. The maximum Gasteiger partial charge on any atom is 0.309 e. The van der Waals surface area contributed by atoms with E-state index in [2.05, 4.69) is 23.8 Å². The summed E-state index contributed by atoms with van der Waals surface area (Å²) in [4.78, 5) is 10.7. The monoisotopic (exact) mass is 182 g/mol. The van der Waals surface area contributed by atoms with Gasteiger partial charge in [-0.25, -0.2) is 0 Å². The maximum absolute atomic E-state index is 10.7. The molecule has 0 aromatic heterocycles. The van der Waals surface area contributed by atoms with Crippen LogP contribution in [0.5, 0.6) is 0 Å². The molecule has 0 bridgehead atoms. The second-order valence-corrected chi connectivity index (χ2v) is 2.75. The fraction of sp³-hybridized carbons (Fsp3) is 0.545. The maximum atomic E-state index is 10.7. The molecule has 74 valence electrons. The van der Waals surface area contributed by atoms with Crippen molar-refractivity contribution in [2.24, 2.45) is 0 Å². The Morgan fingerprint density at radius 3 is 2.54 bits per heavy atom. The molecular formula is C11H18O2. The number of unbranched alkanes of at least 4 members (excludes halogenated alkanes) is 1. The molecule has 0 aliphatic heterocycles. The third kappa shape index (κ3) is 8.86. The van der Waals surface area contributed by atoms with Crippen LogP contribution in [-0.2, 0) is 9.53 Å². The van der Waals surface area contributed by atoms with Gasteiger partial charge in [-0.3, -0.25) is 4.79 Å². The number of carbonyl (C=O) groups excluding carboxylic acids is 1. The van der Waals surface area contributed by atoms with Crippen LogP contribution in [0.4, 0.5) is 0 Å². The summed E-state index contributed by atoms with van der Waals surface area (Å²) in [6, 6.07) is 0. The molecule has 0 saturated heterocycles. The fourth-order valence-electron chi connectivity index (χ4n) is 0.818. The van der Waals surface area contributed by atoms with E-state index >= 15 is 0 Å². The minimum atomic E-state index is -0.186. The minimum Gasteiger partial charge on any atom is -0.469 e. The van der Waals surface area contributed by atoms with Crippen molar-refractivity contribution in [1.29, 1.82) is 0 Å². The van der Waals surface area contributed by atoms with E-state index < -0.39 is 0 Å². The van der Waals surface area contributed by atoms with Crippen molar-refractivity contribution in [3.05, 3.63) is 24.3 Å². The number of methoxy groups -OCH3 is 1. The molecule has 0 rings (SSSR count). The van der Waals surface area contributed by atoms with Crippen molar-refractivity contribution in [3.8, 4) is 0 Å². The lowest BCUT2D eigenvalue weighted by Crippen LogP contribution is -1.96. The number of esters is 1. The Kier molecular flexibility index (Phi) is 8.31. The number of ether oxygens (including phenoxy) is 1. The van der Waals surface area contributed by atoms with Crippen LogP contribution in [-0.4, -0.2) is 13.1 Å². The highest BCUT2D eigenvalue weighted by Crippen LogP contribution is 1.94. The fourth-order valence-corrected chi connectivity index (χ4v) is 0.818. The Morgan fingerprint density at radius 2 is 1.92 bits per heavy atom. The Bertz CT molecular complexity index is 181. The molecule has 0 heterocycles. The standard InChI is InChI=1S/C11H18O2/c1-3-4-5-6-7-8-9-10-11(12)13-2/h5-6,8-9H,3-4,7,10H2,1-2H3/b6-5-,9-8-. The average Bonchev–Trinajstić information content (AvgIpc) is 2.16. The van der Waals surface area contributed by atoms with Gasteiger partial charge in [0.15, 0.2) is 0 Å². The van der Waals surface area contributed by atoms with Gasteiger partial charge in [-0.15, -0.1) is 0 Å². The van der Waals surface area contributed by atoms with Crippen LogP contribution >= 0.6 is 0 Å². The summed E-state index contributed by atoms with van der Waals surface area (Å²) in [6.07, 6.45) is 11.7. The van der Waals surface area contributed by atoms with Gasteiger partial charge in [-0.1, -0.05) is 37.6 Å². The first-order chi connectivity index (χ1) is 6.31. The smallest absolute Gasteiger partial charge is 0.309 e. The Hall–Kier alpha value is -1.05. The van der Waals surface area contributed by atoms with Gasteiger partial charge in [0.25, 0.3) is 0 Å². The molecule has 2 heteroatoms. The first kappa shape index (κ1) is 11.9. The Labute approximate surface area is 80.3 Å². The van der Waals surface area contributed by atoms with E-state index in [4.69, 9.17) is 0 Å². The highest BCUT2D eigenvalue weighted by Gasteiger charge is 1.91. The molecule has 0 amide bonds. The zero-order valence-corrected chi connectivity index (χ0v) is 8.45. The third-order valence-corrected chi connectivity index (χ3v) is 1.57. The largest absolute Gasteiger partial charge is 0.469 e. The third-order valence-electron chi connectivity index (χ3n) is 1.57. The van der Waals surface area contributed by atoms with Crippen molar-refractivity contribution in [2.75, 3.05) is 7.11 Å². The van der Waals surface area contributed by atoms with Gasteiger partial charge in [0, 0.05) is 0 Å². The van der Waals surface area contributed by atoms with Gasteiger partial charge in [0.1, 0.15) is 0 Å². The molecule has 0 aromatic rings. The number of allylic oxidation sites excluding steroid dienone is 3. The van der Waals surface area contributed by atoms with Crippen molar-refractivity contribution in [3.63, 3.8) is 0 Å². The molecule has 0 unspecified atom stereocenters. The zero-order valence-electron chi connectivity index (χ0n) is 8.45. The molecule has 0 radical (unpaired) electrons. The lowest BCUT2D eigenvalue weighted by atomic mass is 10.2. The van der Waals surface area contributed by atoms with Crippen LogP contribution in [0.2, 0.25) is 0 Å². The highest BCUT2D eigenvalue weighted by atomic mass is 16.5. The Balaban J connectivity index is 3.36. The van der Waals surface area contributed by atoms with Crippen LogP contribution in [0.3, 0.4) is 0 Å². The second kappa shape index (κ2) is 9.04. The molecule has 0 saturated carbocycles. The summed E-state index contributed by atoms with van der Waals surface area (Å²) in [5.74, 6) is -0.186. The summed E-state index contributed by atoms with van der Waals surface area (Å²) in [5.41, 5.74) is 0. The number of hydrogen-bond acceptors (Lipinski definition) is 2. The summed E-state index contributed by atoms with van der Waals surface area (Å²) in [5, 5.41) is 0. The predicted octanol–water partition coefficient (Wildman–Crippen LogP) is 2.85. The van der Waals surface area contributed by atoms with E-state index in [0.717, 1.165) is 12.8 Å². The van der Waals surface area contributed by atoms with Crippen LogP contribution in [0.15, 0.2) is 24.3 Å². The zero-order chi connectivity index (χ0) is 9.94. The van der Waals surface area contributed by atoms with Gasteiger partial charge in [0.2, 0.25) is 0 Å². The molecule has 2 nitrogen and oxygen atoms in total. The summed E-state index contributed by atoms with van der Waals surface area (Å²) in [6.45, 7) is 2.15. The van der Waals surface area contributed by atoms with E-state index in [-0.39, 0.29) is 5.97 Å². The molecule has 0 atom stereocenters. The second-order valence-electron chi connectivity index (χ2n) is 2.75. The molecule has 0 aromatic carbocycles. The number of rotatable bonds is 6. The topological polar surface area (TPSA) is 26.3 Å². The average molecular weight is 182 g/mol. The summed E-state index contributed by atoms with van der Waals surface area (Å²) >= 11 is 0. The van der Waals surface area contributed by atoms with Crippen LogP contribution in [0.1, 0.15) is 32.6 Å². The van der Waals surface area contributed by atoms with Crippen molar-refractivity contribution in [1.82, 2.24) is 0 Å². The SMILES string of the molecule is CCC/C=C\C/C=C\CC(=O)OC. The van der Waals surface area contributed by atoms with Crippen molar-refractivity contribution < 1.29 is 9.53 Å². The highest BCUT2D eigenvalue weighted by molar-refractivity contribution is 5.70. The quantitative estimate of drug-likeness (QED) is 0.466. The van der Waals surface area contributed by atoms with E-state index in [9.17, 15) is 4.79 Å². The predicted molar refractivity (Wildman–Crippen MR) is 54.4 cm³/mol. The molecule has 0 N–H and O–H groups in total. The molecular weight excluding hydrogens is 164 g/mol. The summed E-state index contributed by atoms with van der Waals surface area (Å²) in [7, 11) is 1.40. The van der Waals surface area contributed by atoms with Crippen molar-refractivity contribution in [2.45, 2.75) is 32.6 Å². The first-order valence-corrected chi connectivity index (χ1v) is 4.68. The summed E-state index contributed by atoms with van der Waals surface area (Å²) < 4.78 is 4.49. The van der Waals surface area contributed by atoms with Gasteiger partial charge in [-0.2, -0.15) is 0 Å². The van der Waals surface area contributed by atoms with E-state index in [0.29, 0.717) is 6.42 Å². The number of carbonyl (C=O) groups is 1. The van der Waals surface area contributed by atoms with Crippen LogP contribution in [0.25, 0.3) is 0 Å². The molecule has 13 heavy (non-hydrogen) atoms. The molecule has 0 fully saturated rings. The molecule has 0 aliphatic rings. The van der Waals surface area contributed by atoms with Crippen LogP contribution in [0, 0.1) is 0 Å².